The fourth-order valence-electron chi connectivity index (χ4n) is 3.65. The molecule has 0 bridgehead atoms. The van der Waals surface area contributed by atoms with Crippen molar-refractivity contribution in [1.29, 1.82) is 5.41 Å². The number of rotatable bonds is 7. The van der Waals surface area contributed by atoms with Crippen LogP contribution in [0.25, 0.3) is 0 Å². The first-order valence-corrected chi connectivity index (χ1v) is 11.2. The summed E-state index contributed by atoms with van der Waals surface area (Å²) < 4.78 is 22.5. The number of methoxy groups -OCH3 is 1. The van der Waals surface area contributed by atoms with Crippen molar-refractivity contribution in [3.8, 4) is 0 Å². The number of hydrogen-bond donors (Lipinski definition) is 4. The molecular formula is C23H33BN4O6. The van der Waals surface area contributed by atoms with Crippen molar-refractivity contribution in [1.82, 2.24) is 5.32 Å². The van der Waals surface area contributed by atoms with E-state index in [1.54, 1.807) is 12.1 Å². The number of anilines is 1. The highest BCUT2D eigenvalue weighted by Crippen LogP contribution is 2.36. The van der Waals surface area contributed by atoms with Crippen molar-refractivity contribution < 1.29 is 28.4 Å². The lowest BCUT2D eigenvalue weighted by atomic mass is 9.75. The molecule has 0 unspecified atom stereocenters. The van der Waals surface area contributed by atoms with Crippen molar-refractivity contribution in [2.75, 3.05) is 25.6 Å². The fourth-order valence-corrected chi connectivity index (χ4v) is 3.65. The Morgan fingerprint density at radius 3 is 2.47 bits per heavy atom. The van der Waals surface area contributed by atoms with Gasteiger partial charge in [0.25, 0.3) is 5.91 Å². The smallest absolute Gasteiger partial charge is 0.465 e. The molecule has 2 fully saturated rings. The molecule has 0 radical (unpaired) electrons. The van der Waals surface area contributed by atoms with Crippen LogP contribution in [0.3, 0.4) is 0 Å². The molecule has 1 aromatic carbocycles. The third-order valence-electron chi connectivity index (χ3n) is 6.39. The number of amidine groups is 1. The quantitative estimate of drug-likeness (QED) is 0.153. The van der Waals surface area contributed by atoms with Crippen LogP contribution in [0.5, 0.6) is 0 Å². The molecule has 2 saturated heterocycles. The van der Waals surface area contributed by atoms with Gasteiger partial charge in [0.1, 0.15) is 5.84 Å². The monoisotopic (exact) mass is 472 g/mol. The second-order valence-electron chi connectivity index (χ2n) is 9.38. The Kier molecular flexibility index (Phi) is 7.69. The van der Waals surface area contributed by atoms with E-state index in [1.165, 1.54) is 19.4 Å². The van der Waals surface area contributed by atoms with E-state index in [0.29, 0.717) is 24.4 Å². The Labute approximate surface area is 200 Å². The van der Waals surface area contributed by atoms with Gasteiger partial charge in [-0.2, -0.15) is 0 Å². The summed E-state index contributed by atoms with van der Waals surface area (Å²) in [5.74, 6) is -1.55. The molecule has 0 aromatic heterocycles. The molecule has 11 heteroatoms. The van der Waals surface area contributed by atoms with Gasteiger partial charge in [-0.25, -0.2) is 4.79 Å². The Bertz CT molecular complexity index is 972. The van der Waals surface area contributed by atoms with Crippen LogP contribution in [0, 0.1) is 5.41 Å². The number of carbonyl (C=O) groups excluding carboxylic acids is 2. The zero-order chi connectivity index (χ0) is 25.1. The van der Waals surface area contributed by atoms with E-state index in [-0.39, 0.29) is 23.0 Å². The molecule has 5 N–H and O–H groups in total. The Morgan fingerprint density at radius 1 is 1.24 bits per heavy atom. The van der Waals surface area contributed by atoms with Gasteiger partial charge in [0.05, 0.1) is 36.1 Å². The fraction of sp³-hybridized carbons (Fsp3) is 0.522. The molecule has 0 aliphatic carbocycles. The summed E-state index contributed by atoms with van der Waals surface area (Å²) in [4.78, 5) is 24.5. The molecular weight excluding hydrogens is 439 g/mol. The number of amides is 1. The maximum absolute atomic E-state index is 12.5. The standard InChI is InChI=1S/C23H33BN4O6/c1-22(2)23(3,4)34-24(33-22)18-9-8-14(11-16(18)21(30)31-5)28-19(25)17(20(26)29)12-27-15-7-6-10-32-13-15/h8-9,11-12,15,27H,6-7,10,13H2,1-5H3,(H2,25,28)(H2,26,29)/b17-12+/t15-/m1/s1. The van der Waals surface area contributed by atoms with Gasteiger partial charge in [-0.05, 0) is 58.1 Å². The van der Waals surface area contributed by atoms with Gasteiger partial charge in [0.2, 0.25) is 0 Å². The lowest BCUT2D eigenvalue weighted by Gasteiger charge is -2.32. The Balaban J connectivity index is 1.82. The van der Waals surface area contributed by atoms with E-state index in [9.17, 15) is 9.59 Å². The van der Waals surface area contributed by atoms with Gasteiger partial charge in [-0.3, -0.25) is 10.2 Å². The molecule has 1 atom stereocenters. The summed E-state index contributed by atoms with van der Waals surface area (Å²) in [5, 5.41) is 14.3. The second kappa shape index (κ2) is 10.2. The largest absolute Gasteiger partial charge is 0.495 e. The van der Waals surface area contributed by atoms with Crippen LogP contribution in [-0.2, 0) is 23.6 Å². The number of primary amides is 1. The first-order valence-electron chi connectivity index (χ1n) is 11.2. The normalized spacial score (nSPS) is 21.6. The van der Waals surface area contributed by atoms with Crippen LogP contribution >= 0.6 is 0 Å². The third-order valence-corrected chi connectivity index (χ3v) is 6.39. The average Bonchev–Trinajstić information content (AvgIpc) is 3.00. The molecule has 1 aromatic rings. The van der Waals surface area contributed by atoms with Gasteiger partial charge in [0.15, 0.2) is 0 Å². The molecule has 3 rings (SSSR count). The number of carbonyl (C=O) groups is 2. The maximum atomic E-state index is 12.5. The van der Waals surface area contributed by atoms with Crippen molar-refractivity contribution in [2.24, 2.45) is 5.73 Å². The lowest BCUT2D eigenvalue weighted by molar-refractivity contribution is -0.114. The minimum atomic E-state index is -0.768. The summed E-state index contributed by atoms with van der Waals surface area (Å²) in [6.07, 6.45) is 3.24. The number of hydrogen-bond acceptors (Lipinski definition) is 8. The number of esters is 1. The van der Waals surface area contributed by atoms with Crippen molar-refractivity contribution in [2.45, 2.75) is 57.8 Å². The molecule has 2 aliphatic heterocycles. The maximum Gasteiger partial charge on any atom is 0.495 e. The van der Waals surface area contributed by atoms with Crippen LogP contribution < -0.4 is 21.8 Å². The highest BCUT2D eigenvalue weighted by atomic mass is 16.7. The Hall–Kier alpha value is -2.89. The number of ether oxygens (including phenoxy) is 2. The van der Waals surface area contributed by atoms with Crippen LogP contribution in [0.4, 0.5) is 5.69 Å². The molecule has 1 amide bonds. The van der Waals surface area contributed by atoms with E-state index in [0.717, 1.165) is 12.8 Å². The molecule has 10 nitrogen and oxygen atoms in total. The van der Waals surface area contributed by atoms with Crippen molar-refractivity contribution in [3.63, 3.8) is 0 Å². The number of nitrogens with one attached hydrogen (secondary N) is 3. The number of benzene rings is 1. The summed E-state index contributed by atoms with van der Waals surface area (Å²) in [7, 11) is 0.517. The summed E-state index contributed by atoms with van der Waals surface area (Å²) in [6, 6.07) is 4.92. The average molecular weight is 472 g/mol. The zero-order valence-corrected chi connectivity index (χ0v) is 20.3. The predicted molar refractivity (Wildman–Crippen MR) is 129 cm³/mol. The van der Waals surface area contributed by atoms with E-state index >= 15 is 0 Å². The molecule has 184 valence electrons. The zero-order valence-electron chi connectivity index (χ0n) is 20.3. The Morgan fingerprint density at radius 2 is 1.91 bits per heavy atom. The SMILES string of the molecule is COC(=O)c1cc(NC(=N)/C(=C\N[C@@H]2CCCOC2)C(N)=O)ccc1B1OC(C)(C)C(C)(C)O1. The first-order chi connectivity index (χ1) is 15.9. The minimum absolute atomic E-state index is 0.0276. The highest BCUT2D eigenvalue weighted by molar-refractivity contribution is 6.63. The minimum Gasteiger partial charge on any atom is -0.465 e. The summed E-state index contributed by atoms with van der Waals surface area (Å²) >= 11 is 0. The summed E-state index contributed by atoms with van der Waals surface area (Å²) in [6.45, 7) is 8.93. The van der Waals surface area contributed by atoms with Gasteiger partial charge in [-0.15, -0.1) is 0 Å². The molecule has 2 aliphatic rings. The van der Waals surface area contributed by atoms with Crippen LogP contribution in [0.1, 0.15) is 50.9 Å². The number of nitrogens with two attached hydrogens (primary N) is 1. The van der Waals surface area contributed by atoms with Crippen molar-refractivity contribution >= 4 is 36.0 Å². The van der Waals surface area contributed by atoms with E-state index in [4.69, 9.17) is 29.9 Å². The summed E-state index contributed by atoms with van der Waals surface area (Å²) in [5.41, 5.74) is 5.44. The van der Waals surface area contributed by atoms with E-state index in [1.807, 2.05) is 27.7 Å². The van der Waals surface area contributed by atoms with Crippen LogP contribution in [0.2, 0.25) is 0 Å². The molecule has 34 heavy (non-hydrogen) atoms. The predicted octanol–water partition coefficient (Wildman–Crippen LogP) is 1.30. The molecule has 0 spiro atoms. The van der Waals surface area contributed by atoms with Gasteiger partial charge in [0, 0.05) is 24.5 Å². The molecule has 2 heterocycles. The second-order valence-corrected chi connectivity index (χ2v) is 9.38. The molecule has 0 saturated carbocycles. The van der Waals surface area contributed by atoms with Gasteiger partial charge < -0.3 is 35.1 Å². The van der Waals surface area contributed by atoms with Crippen LogP contribution in [-0.4, -0.2) is 62.4 Å². The van der Waals surface area contributed by atoms with E-state index in [2.05, 4.69) is 10.6 Å². The van der Waals surface area contributed by atoms with Gasteiger partial charge in [-0.1, -0.05) is 6.07 Å². The topological polar surface area (TPSA) is 145 Å². The van der Waals surface area contributed by atoms with Gasteiger partial charge >= 0.3 is 13.1 Å². The lowest BCUT2D eigenvalue weighted by Crippen LogP contribution is -2.41. The third kappa shape index (κ3) is 5.60. The first kappa shape index (κ1) is 25.7. The van der Waals surface area contributed by atoms with E-state index < -0.39 is 30.2 Å². The highest BCUT2D eigenvalue weighted by Gasteiger charge is 2.52. The van der Waals surface area contributed by atoms with Crippen molar-refractivity contribution in [3.05, 3.63) is 35.5 Å². The van der Waals surface area contributed by atoms with Crippen LogP contribution in [0.15, 0.2) is 30.0 Å².